The number of aromatic nitrogens is 1. The molecule has 23 heavy (non-hydrogen) atoms. The highest BCUT2D eigenvalue weighted by Crippen LogP contribution is 2.16. The molecule has 0 bridgehead atoms. The van der Waals surface area contributed by atoms with Crippen LogP contribution in [0.25, 0.3) is 0 Å². The van der Waals surface area contributed by atoms with Crippen molar-refractivity contribution in [1.29, 1.82) is 0 Å². The van der Waals surface area contributed by atoms with E-state index in [1.54, 1.807) is 12.1 Å². The van der Waals surface area contributed by atoms with E-state index in [-0.39, 0.29) is 17.4 Å². The zero-order valence-corrected chi connectivity index (χ0v) is 13.1. The van der Waals surface area contributed by atoms with Crippen LogP contribution in [0.15, 0.2) is 29.6 Å². The molecule has 4 amide bonds. The standard InChI is InChI=1S/C14H15N5O3S/c1-8-2-4-9(5-3-8)17-13(22)19-14-18-10(7-23-14)12(21)16-6-11(15)20/h2-5,7H,6H2,1H3,(H2,15,20)(H,16,21)(H2,17,18,19,22). The third-order valence-corrected chi connectivity index (χ3v) is 3.45. The SMILES string of the molecule is Cc1ccc(NC(=O)Nc2nc(C(=O)NCC(N)=O)cs2)cc1. The van der Waals surface area contributed by atoms with E-state index in [9.17, 15) is 14.4 Å². The zero-order chi connectivity index (χ0) is 16.8. The predicted molar refractivity (Wildman–Crippen MR) is 87.5 cm³/mol. The second-order valence-corrected chi connectivity index (χ2v) is 5.49. The molecule has 0 saturated carbocycles. The molecule has 0 atom stereocenters. The lowest BCUT2D eigenvalue weighted by atomic mass is 10.2. The molecule has 0 unspecified atom stereocenters. The van der Waals surface area contributed by atoms with Crippen LogP contribution < -0.4 is 21.7 Å². The number of hydrogen-bond acceptors (Lipinski definition) is 5. The number of carbonyl (C=O) groups is 3. The predicted octanol–water partition coefficient (Wildman–Crippen LogP) is 1.31. The Kier molecular flexibility index (Phi) is 5.26. The lowest BCUT2D eigenvalue weighted by Crippen LogP contribution is -2.33. The Morgan fingerprint density at radius 3 is 2.52 bits per heavy atom. The highest BCUT2D eigenvalue weighted by atomic mass is 32.1. The first kappa shape index (κ1) is 16.4. The normalized spacial score (nSPS) is 9.96. The third-order valence-electron chi connectivity index (χ3n) is 2.69. The quantitative estimate of drug-likeness (QED) is 0.658. The number of carbonyl (C=O) groups excluding carboxylic acids is 3. The fraction of sp³-hybridized carbons (Fsp3) is 0.143. The summed E-state index contributed by atoms with van der Waals surface area (Å²) in [5.74, 6) is -1.18. The largest absolute Gasteiger partial charge is 0.368 e. The number of benzene rings is 1. The number of amides is 4. The summed E-state index contributed by atoms with van der Waals surface area (Å²) in [6, 6.07) is 6.84. The number of nitrogens with zero attached hydrogens (tertiary/aromatic N) is 1. The van der Waals surface area contributed by atoms with Gasteiger partial charge in [0.25, 0.3) is 5.91 Å². The Bertz CT molecular complexity index is 726. The van der Waals surface area contributed by atoms with Crippen molar-refractivity contribution < 1.29 is 14.4 Å². The Balaban J connectivity index is 1.90. The van der Waals surface area contributed by atoms with Gasteiger partial charge in [-0.15, -0.1) is 11.3 Å². The summed E-state index contributed by atoms with van der Waals surface area (Å²) < 4.78 is 0. The van der Waals surface area contributed by atoms with Crippen LogP contribution in [0, 0.1) is 6.92 Å². The Morgan fingerprint density at radius 2 is 1.87 bits per heavy atom. The van der Waals surface area contributed by atoms with Crippen molar-refractivity contribution in [2.45, 2.75) is 6.92 Å². The van der Waals surface area contributed by atoms with E-state index in [0.29, 0.717) is 5.69 Å². The number of rotatable bonds is 5. The van der Waals surface area contributed by atoms with Gasteiger partial charge in [-0.05, 0) is 19.1 Å². The van der Waals surface area contributed by atoms with Gasteiger partial charge < -0.3 is 16.4 Å². The van der Waals surface area contributed by atoms with Crippen LogP contribution in [0.4, 0.5) is 15.6 Å². The van der Waals surface area contributed by atoms with Gasteiger partial charge in [0.2, 0.25) is 5.91 Å². The summed E-state index contributed by atoms with van der Waals surface area (Å²) in [6.07, 6.45) is 0. The van der Waals surface area contributed by atoms with Crippen molar-refractivity contribution in [2.24, 2.45) is 5.73 Å². The van der Waals surface area contributed by atoms with Crippen molar-refractivity contribution >= 4 is 40.0 Å². The average molecular weight is 333 g/mol. The summed E-state index contributed by atoms with van der Waals surface area (Å²) in [4.78, 5) is 38.1. The first-order valence-corrected chi connectivity index (χ1v) is 7.48. The maximum Gasteiger partial charge on any atom is 0.325 e. The lowest BCUT2D eigenvalue weighted by Gasteiger charge is -2.05. The first-order valence-electron chi connectivity index (χ1n) is 6.61. The molecule has 5 N–H and O–H groups in total. The minimum Gasteiger partial charge on any atom is -0.368 e. The molecule has 0 saturated heterocycles. The van der Waals surface area contributed by atoms with Gasteiger partial charge >= 0.3 is 6.03 Å². The zero-order valence-electron chi connectivity index (χ0n) is 12.3. The molecule has 0 aliphatic heterocycles. The second-order valence-electron chi connectivity index (χ2n) is 4.63. The van der Waals surface area contributed by atoms with Crippen molar-refractivity contribution in [3.63, 3.8) is 0 Å². The second kappa shape index (κ2) is 7.36. The fourth-order valence-corrected chi connectivity index (χ4v) is 2.28. The molecule has 0 spiro atoms. The molecule has 120 valence electrons. The number of urea groups is 1. The molecule has 1 aromatic heterocycles. The van der Waals surface area contributed by atoms with E-state index in [2.05, 4.69) is 20.9 Å². The van der Waals surface area contributed by atoms with Gasteiger partial charge in [-0.2, -0.15) is 0 Å². The number of nitrogens with two attached hydrogens (primary N) is 1. The van der Waals surface area contributed by atoms with E-state index < -0.39 is 17.8 Å². The summed E-state index contributed by atoms with van der Waals surface area (Å²) in [5, 5.41) is 9.23. The van der Waals surface area contributed by atoms with Gasteiger partial charge in [-0.25, -0.2) is 9.78 Å². The van der Waals surface area contributed by atoms with Crippen LogP contribution in [-0.2, 0) is 4.79 Å². The molecule has 9 heteroatoms. The number of aryl methyl sites for hydroxylation is 1. The van der Waals surface area contributed by atoms with E-state index in [1.807, 2.05) is 19.1 Å². The number of thiazole rings is 1. The first-order chi connectivity index (χ1) is 10.9. The van der Waals surface area contributed by atoms with Crippen molar-refractivity contribution in [1.82, 2.24) is 10.3 Å². The highest BCUT2D eigenvalue weighted by molar-refractivity contribution is 7.14. The van der Waals surface area contributed by atoms with Crippen LogP contribution in [0.1, 0.15) is 16.1 Å². The lowest BCUT2D eigenvalue weighted by molar-refractivity contribution is -0.117. The van der Waals surface area contributed by atoms with Gasteiger partial charge in [-0.1, -0.05) is 17.7 Å². The summed E-state index contributed by atoms with van der Waals surface area (Å²) >= 11 is 1.09. The topological polar surface area (TPSA) is 126 Å². The number of anilines is 2. The van der Waals surface area contributed by atoms with Gasteiger partial charge in [0, 0.05) is 11.1 Å². The molecule has 0 radical (unpaired) electrons. The van der Waals surface area contributed by atoms with Crippen LogP contribution in [0.2, 0.25) is 0 Å². The summed E-state index contributed by atoms with van der Waals surface area (Å²) in [6.45, 7) is 1.68. The third kappa shape index (κ3) is 5.08. The van der Waals surface area contributed by atoms with Crippen LogP contribution >= 0.6 is 11.3 Å². The molecule has 8 nitrogen and oxygen atoms in total. The maximum absolute atomic E-state index is 11.8. The molecule has 0 fully saturated rings. The van der Waals surface area contributed by atoms with Crippen molar-refractivity contribution in [3.05, 3.63) is 40.9 Å². The van der Waals surface area contributed by atoms with E-state index in [4.69, 9.17) is 5.73 Å². The monoisotopic (exact) mass is 333 g/mol. The number of primary amides is 1. The van der Waals surface area contributed by atoms with E-state index in [0.717, 1.165) is 16.9 Å². The molecule has 0 aliphatic rings. The summed E-state index contributed by atoms with van der Waals surface area (Å²) in [7, 11) is 0. The van der Waals surface area contributed by atoms with Gasteiger partial charge in [0.05, 0.1) is 6.54 Å². The smallest absolute Gasteiger partial charge is 0.325 e. The Labute approximate surface area is 136 Å². The van der Waals surface area contributed by atoms with Gasteiger partial charge in [0.1, 0.15) is 5.69 Å². The minimum atomic E-state index is -0.649. The average Bonchev–Trinajstić information content (AvgIpc) is 2.95. The van der Waals surface area contributed by atoms with Crippen molar-refractivity contribution in [2.75, 3.05) is 17.2 Å². The molecule has 2 rings (SSSR count). The van der Waals surface area contributed by atoms with Gasteiger partial charge in [0.15, 0.2) is 5.13 Å². The van der Waals surface area contributed by atoms with Gasteiger partial charge in [-0.3, -0.25) is 14.9 Å². The van der Waals surface area contributed by atoms with Crippen LogP contribution in [0.5, 0.6) is 0 Å². The van der Waals surface area contributed by atoms with E-state index >= 15 is 0 Å². The molecular formula is C14H15N5O3S. The Morgan fingerprint density at radius 1 is 1.17 bits per heavy atom. The molecule has 2 aromatic rings. The Hall–Kier alpha value is -2.94. The summed E-state index contributed by atoms with van der Waals surface area (Å²) in [5.41, 5.74) is 6.76. The molecule has 0 aliphatic carbocycles. The molecule has 1 heterocycles. The number of hydrogen-bond donors (Lipinski definition) is 4. The minimum absolute atomic E-state index is 0.0990. The number of nitrogens with one attached hydrogen (secondary N) is 3. The fourth-order valence-electron chi connectivity index (χ4n) is 1.59. The molecule has 1 aromatic carbocycles. The van der Waals surface area contributed by atoms with Crippen LogP contribution in [0.3, 0.4) is 0 Å². The van der Waals surface area contributed by atoms with E-state index in [1.165, 1.54) is 5.38 Å². The van der Waals surface area contributed by atoms with Crippen LogP contribution in [-0.4, -0.2) is 29.4 Å². The highest BCUT2D eigenvalue weighted by Gasteiger charge is 2.12. The maximum atomic E-state index is 11.8. The molecular weight excluding hydrogens is 318 g/mol. The van der Waals surface area contributed by atoms with Crippen molar-refractivity contribution in [3.8, 4) is 0 Å².